The Labute approximate surface area is 165 Å². The fourth-order valence-electron chi connectivity index (χ4n) is 4.13. The average Bonchev–Trinajstić information content (AvgIpc) is 3.31. The van der Waals surface area contributed by atoms with E-state index in [0.717, 1.165) is 62.2 Å². The van der Waals surface area contributed by atoms with Crippen LogP contribution in [-0.2, 0) is 17.3 Å². The Balaban J connectivity index is 1.32. The van der Waals surface area contributed by atoms with Crippen LogP contribution in [0.5, 0.6) is 0 Å². The largest absolute Gasteiger partial charge is 0.416 e. The zero-order valence-electron chi connectivity index (χ0n) is 15.7. The number of benzene rings is 1. The van der Waals surface area contributed by atoms with Gasteiger partial charge < -0.3 is 10.1 Å². The molecule has 1 aromatic carbocycles. The number of epoxide rings is 1. The summed E-state index contributed by atoms with van der Waals surface area (Å²) < 4.78 is 45.6. The monoisotopic (exact) mass is 402 g/mol. The second-order valence-corrected chi connectivity index (χ2v) is 8.04. The number of aromatic nitrogens is 3. The number of fused-ring (bicyclic) bond motifs is 1. The van der Waals surface area contributed by atoms with Crippen LogP contribution in [0.2, 0.25) is 0 Å². The van der Waals surface area contributed by atoms with E-state index in [2.05, 4.69) is 21.5 Å². The molecule has 1 N–H and O–H groups in total. The Hall–Kier alpha value is -2.61. The van der Waals surface area contributed by atoms with Gasteiger partial charge in [-0.05, 0) is 74.4 Å². The third-order valence-electron chi connectivity index (χ3n) is 5.97. The van der Waals surface area contributed by atoms with Crippen molar-refractivity contribution in [1.82, 2.24) is 14.6 Å². The molecular formula is C21H21F3N4O. The van der Waals surface area contributed by atoms with E-state index in [0.29, 0.717) is 17.6 Å². The first kappa shape index (κ1) is 18.4. The minimum atomic E-state index is -4.35. The lowest BCUT2D eigenvalue weighted by Crippen LogP contribution is -2.23. The van der Waals surface area contributed by atoms with Crippen LogP contribution in [0.3, 0.4) is 0 Å². The van der Waals surface area contributed by atoms with E-state index < -0.39 is 11.7 Å². The molecule has 0 atom stereocenters. The summed E-state index contributed by atoms with van der Waals surface area (Å²) in [6.45, 7) is 0.914. The minimum Gasteiger partial charge on any atom is -0.370 e. The molecule has 8 heteroatoms. The maximum atomic E-state index is 12.7. The molecule has 0 amide bonds. The second-order valence-electron chi connectivity index (χ2n) is 8.04. The van der Waals surface area contributed by atoms with Gasteiger partial charge in [-0.3, -0.25) is 0 Å². The number of rotatable bonds is 4. The number of anilines is 2. The molecule has 0 unspecified atom stereocenters. The molecule has 2 aromatic heterocycles. The Morgan fingerprint density at radius 3 is 2.48 bits per heavy atom. The van der Waals surface area contributed by atoms with E-state index in [1.165, 1.54) is 12.1 Å². The van der Waals surface area contributed by atoms with Crippen molar-refractivity contribution >= 4 is 17.3 Å². The fraction of sp³-hybridized carbons (Fsp3) is 0.429. The van der Waals surface area contributed by atoms with Crippen LogP contribution < -0.4 is 5.32 Å². The van der Waals surface area contributed by atoms with Gasteiger partial charge >= 0.3 is 6.18 Å². The van der Waals surface area contributed by atoms with Crippen molar-refractivity contribution in [2.45, 2.75) is 43.9 Å². The molecule has 0 bridgehead atoms. The summed E-state index contributed by atoms with van der Waals surface area (Å²) >= 11 is 0. The molecule has 1 aliphatic carbocycles. The Morgan fingerprint density at radius 2 is 1.83 bits per heavy atom. The van der Waals surface area contributed by atoms with E-state index in [1.54, 1.807) is 0 Å². The lowest BCUT2D eigenvalue weighted by atomic mass is 9.80. The van der Waals surface area contributed by atoms with Crippen LogP contribution in [0.25, 0.3) is 5.65 Å². The van der Waals surface area contributed by atoms with Crippen molar-refractivity contribution in [2.24, 2.45) is 5.92 Å². The summed E-state index contributed by atoms with van der Waals surface area (Å²) in [6, 6.07) is 10.8. The normalized spacial score (nSPS) is 24.2. The topological polar surface area (TPSA) is 54.8 Å². The van der Waals surface area contributed by atoms with Gasteiger partial charge in [0.1, 0.15) is 0 Å². The smallest absolute Gasteiger partial charge is 0.370 e. The lowest BCUT2D eigenvalue weighted by Gasteiger charge is -2.26. The van der Waals surface area contributed by atoms with Crippen LogP contribution in [0.15, 0.2) is 42.5 Å². The fourth-order valence-corrected chi connectivity index (χ4v) is 4.13. The molecule has 1 spiro atoms. The highest BCUT2D eigenvalue weighted by atomic mass is 19.4. The molecule has 1 saturated carbocycles. The summed E-state index contributed by atoms with van der Waals surface area (Å²) in [4.78, 5) is 4.46. The van der Waals surface area contributed by atoms with Gasteiger partial charge in [0.25, 0.3) is 0 Å². The predicted molar refractivity (Wildman–Crippen MR) is 102 cm³/mol. The second kappa shape index (κ2) is 6.73. The van der Waals surface area contributed by atoms with Crippen molar-refractivity contribution in [3.63, 3.8) is 0 Å². The number of hydrogen-bond acceptors (Lipinski definition) is 4. The highest BCUT2D eigenvalue weighted by Crippen LogP contribution is 2.44. The van der Waals surface area contributed by atoms with Gasteiger partial charge in [0, 0.05) is 11.4 Å². The number of pyridine rings is 1. The summed E-state index contributed by atoms with van der Waals surface area (Å²) in [5, 5.41) is 7.53. The molecule has 1 aliphatic heterocycles. The van der Waals surface area contributed by atoms with Gasteiger partial charge in [-0.15, -0.1) is 5.10 Å². The van der Waals surface area contributed by atoms with Crippen molar-refractivity contribution in [3.8, 4) is 0 Å². The first-order valence-corrected chi connectivity index (χ1v) is 9.83. The number of hydrogen-bond donors (Lipinski definition) is 1. The zero-order valence-corrected chi connectivity index (χ0v) is 15.7. The van der Waals surface area contributed by atoms with Crippen LogP contribution in [0, 0.1) is 5.92 Å². The van der Waals surface area contributed by atoms with Crippen LogP contribution in [0.4, 0.5) is 24.8 Å². The number of ether oxygens (including phenoxy) is 1. The molecule has 0 radical (unpaired) electrons. The van der Waals surface area contributed by atoms with Crippen molar-refractivity contribution in [1.29, 1.82) is 0 Å². The molecule has 29 heavy (non-hydrogen) atoms. The van der Waals surface area contributed by atoms with Crippen LogP contribution in [-0.4, -0.2) is 26.8 Å². The molecule has 3 heterocycles. The Kier molecular flexibility index (Phi) is 4.27. The molecule has 5 rings (SSSR count). The molecule has 1 saturated heterocycles. The van der Waals surface area contributed by atoms with E-state index in [-0.39, 0.29) is 5.60 Å². The Morgan fingerprint density at radius 1 is 1.10 bits per heavy atom. The van der Waals surface area contributed by atoms with E-state index in [1.807, 2.05) is 16.6 Å². The highest BCUT2D eigenvalue weighted by Gasteiger charge is 2.46. The maximum absolute atomic E-state index is 12.7. The number of halogens is 3. The van der Waals surface area contributed by atoms with Crippen molar-refractivity contribution in [3.05, 3.63) is 53.7 Å². The summed E-state index contributed by atoms with van der Waals surface area (Å²) in [5.74, 6) is 0.970. The zero-order chi connectivity index (χ0) is 20.1. The number of alkyl halides is 3. The average molecular weight is 402 g/mol. The summed E-state index contributed by atoms with van der Waals surface area (Å²) in [6.07, 6.45) is 1.15. The number of nitrogens with one attached hydrogen (secondary N) is 1. The molecule has 2 aliphatic rings. The van der Waals surface area contributed by atoms with Gasteiger partial charge in [0.05, 0.1) is 17.8 Å². The first-order chi connectivity index (χ1) is 13.9. The maximum Gasteiger partial charge on any atom is 0.416 e. The predicted octanol–water partition coefficient (Wildman–Crippen LogP) is 4.99. The SMILES string of the molecule is FC(F)(F)c1ccc(Nc2nc3cccc(C[C@H]4CC[C@@]5(CC4)CO5)n3n2)cc1. The molecule has 2 fully saturated rings. The first-order valence-electron chi connectivity index (χ1n) is 9.83. The van der Waals surface area contributed by atoms with E-state index in [4.69, 9.17) is 4.74 Å². The van der Waals surface area contributed by atoms with Gasteiger partial charge in [-0.2, -0.15) is 18.2 Å². The number of nitrogens with zero attached hydrogens (tertiary/aromatic N) is 3. The lowest BCUT2D eigenvalue weighted by molar-refractivity contribution is -0.137. The van der Waals surface area contributed by atoms with E-state index in [9.17, 15) is 13.2 Å². The Bertz CT molecular complexity index is 1010. The van der Waals surface area contributed by atoms with Crippen LogP contribution in [0.1, 0.15) is 36.9 Å². The van der Waals surface area contributed by atoms with E-state index >= 15 is 0 Å². The molecule has 152 valence electrons. The summed E-state index contributed by atoms with van der Waals surface area (Å²) in [7, 11) is 0. The molecule has 3 aromatic rings. The van der Waals surface area contributed by atoms with Gasteiger partial charge in [0.2, 0.25) is 5.95 Å². The quantitative estimate of drug-likeness (QED) is 0.625. The van der Waals surface area contributed by atoms with Crippen molar-refractivity contribution in [2.75, 3.05) is 11.9 Å². The van der Waals surface area contributed by atoms with Gasteiger partial charge in [0.15, 0.2) is 5.65 Å². The molecule has 5 nitrogen and oxygen atoms in total. The highest BCUT2D eigenvalue weighted by molar-refractivity contribution is 5.56. The van der Waals surface area contributed by atoms with Gasteiger partial charge in [-0.25, -0.2) is 4.52 Å². The van der Waals surface area contributed by atoms with Gasteiger partial charge in [-0.1, -0.05) is 6.07 Å². The third kappa shape index (κ3) is 3.81. The minimum absolute atomic E-state index is 0.189. The molecular weight excluding hydrogens is 381 g/mol. The van der Waals surface area contributed by atoms with Crippen LogP contribution >= 0.6 is 0 Å². The van der Waals surface area contributed by atoms with Crippen molar-refractivity contribution < 1.29 is 17.9 Å². The standard InChI is InChI=1S/C21H21F3N4O/c22-21(23,24)15-4-6-16(7-5-15)25-19-26-18-3-1-2-17(28(18)27-19)12-14-8-10-20(11-9-14)13-29-20/h1-7,14H,8-13H2,(H,25,27)/t14-,20+. The third-order valence-corrected chi connectivity index (χ3v) is 5.97. The summed E-state index contributed by atoms with van der Waals surface area (Å²) in [5.41, 5.74) is 1.83.